The van der Waals surface area contributed by atoms with Crippen LogP contribution in [0.3, 0.4) is 0 Å². The van der Waals surface area contributed by atoms with Crippen molar-refractivity contribution in [2.45, 2.75) is 43.2 Å². The molecule has 0 aliphatic heterocycles. The molecule has 0 fully saturated rings. The number of halogens is 3. The number of ether oxygens (including phenoxy) is 2. The van der Waals surface area contributed by atoms with Crippen molar-refractivity contribution in [3.8, 4) is 0 Å². The standard InChI is InChI=1S/C14H17Cl3O3/c1-9-7-5-6-8-11(9)10(2)19-12(18)20-13(3,4)14(15,16)17/h5-8,10H,1-4H3. The molecule has 20 heavy (non-hydrogen) atoms. The second-order valence-electron chi connectivity index (χ2n) is 4.98. The van der Waals surface area contributed by atoms with Gasteiger partial charge in [0, 0.05) is 0 Å². The van der Waals surface area contributed by atoms with Crippen LogP contribution in [0.4, 0.5) is 4.79 Å². The van der Waals surface area contributed by atoms with Gasteiger partial charge in [0.25, 0.3) is 0 Å². The lowest BCUT2D eigenvalue weighted by Gasteiger charge is -2.31. The first-order valence-electron chi connectivity index (χ1n) is 6.06. The number of aryl methyl sites for hydroxylation is 1. The van der Waals surface area contributed by atoms with Gasteiger partial charge in [0.15, 0.2) is 5.60 Å². The average Bonchev–Trinajstić information content (AvgIpc) is 2.26. The summed E-state index contributed by atoms with van der Waals surface area (Å²) in [6.07, 6.45) is -1.33. The van der Waals surface area contributed by atoms with Crippen LogP contribution in [0.2, 0.25) is 0 Å². The van der Waals surface area contributed by atoms with E-state index < -0.39 is 21.7 Å². The second-order valence-corrected chi connectivity index (χ2v) is 7.26. The SMILES string of the molecule is Cc1ccccc1C(C)OC(=O)OC(C)(C)C(Cl)(Cl)Cl. The highest BCUT2D eigenvalue weighted by atomic mass is 35.6. The molecule has 0 saturated carbocycles. The largest absolute Gasteiger partial charge is 0.509 e. The van der Waals surface area contributed by atoms with Gasteiger partial charge in [-0.3, -0.25) is 0 Å². The molecule has 0 saturated heterocycles. The smallest absolute Gasteiger partial charge is 0.426 e. The Morgan fingerprint density at radius 2 is 1.75 bits per heavy atom. The first-order valence-corrected chi connectivity index (χ1v) is 7.20. The molecule has 0 N–H and O–H groups in total. The molecule has 1 aromatic rings. The monoisotopic (exact) mass is 338 g/mol. The van der Waals surface area contributed by atoms with E-state index in [4.69, 9.17) is 44.3 Å². The minimum atomic E-state index is -1.74. The molecule has 0 heterocycles. The van der Waals surface area contributed by atoms with Gasteiger partial charge in [-0.15, -0.1) is 0 Å². The summed E-state index contributed by atoms with van der Waals surface area (Å²) in [5, 5.41) is 0. The van der Waals surface area contributed by atoms with E-state index in [2.05, 4.69) is 0 Å². The normalized spacial score (nSPS) is 13.8. The molecule has 0 spiro atoms. The lowest BCUT2D eigenvalue weighted by atomic mass is 10.1. The Morgan fingerprint density at radius 1 is 1.20 bits per heavy atom. The first kappa shape index (κ1) is 17.4. The van der Waals surface area contributed by atoms with Gasteiger partial charge in [0.1, 0.15) is 6.10 Å². The van der Waals surface area contributed by atoms with Crippen LogP contribution < -0.4 is 0 Å². The fourth-order valence-corrected chi connectivity index (χ4v) is 1.66. The van der Waals surface area contributed by atoms with Crippen LogP contribution >= 0.6 is 34.8 Å². The summed E-state index contributed by atoms with van der Waals surface area (Å²) in [6, 6.07) is 7.60. The van der Waals surface area contributed by atoms with E-state index >= 15 is 0 Å². The van der Waals surface area contributed by atoms with Crippen LogP contribution in [0.25, 0.3) is 0 Å². The molecule has 0 aliphatic carbocycles. The fraction of sp³-hybridized carbons (Fsp3) is 0.500. The zero-order valence-corrected chi connectivity index (χ0v) is 14.0. The summed E-state index contributed by atoms with van der Waals surface area (Å²) >= 11 is 17.2. The second kappa shape index (κ2) is 6.42. The Balaban J connectivity index is 2.71. The number of carbonyl (C=O) groups is 1. The third-order valence-corrected chi connectivity index (χ3v) is 4.29. The van der Waals surface area contributed by atoms with Gasteiger partial charge in [-0.1, -0.05) is 59.1 Å². The molecule has 112 valence electrons. The lowest BCUT2D eigenvalue weighted by molar-refractivity contribution is -0.0302. The van der Waals surface area contributed by atoms with Crippen molar-refractivity contribution in [2.24, 2.45) is 0 Å². The summed E-state index contributed by atoms with van der Waals surface area (Å²) in [5.74, 6) is 0. The van der Waals surface area contributed by atoms with Crippen LogP contribution in [0.1, 0.15) is 38.0 Å². The van der Waals surface area contributed by atoms with E-state index in [0.29, 0.717) is 0 Å². The van der Waals surface area contributed by atoms with E-state index in [9.17, 15) is 4.79 Å². The topological polar surface area (TPSA) is 35.5 Å². The Kier molecular flexibility index (Phi) is 5.59. The van der Waals surface area contributed by atoms with E-state index in [1.165, 1.54) is 13.8 Å². The Morgan fingerprint density at radius 3 is 2.25 bits per heavy atom. The maximum Gasteiger partial charge on any atom is 0.509 e. The Labute approximate surface area is 134 Å². The van der Waals surface area contributed by atoms with Crippen molar-refractivity contribution in [1.29, 1.82) is 0 Å². The number of hydrogen-bond donors (Lipinski definition) is 0. The van der Waals surface area contributed by atoms with Gasteiger partial charge in [-0.05, 0) is 38.8 Å². The third kappa shape index (κ3) is 4.44. The summed E-state index contributed by atoms with van der Waals surface area (Å²) in [4.78, 5) is 11.8. The molecular weight excluding hydrogens is 323 g/mol. The maximum atomic E-state index is 11.8. The number of carbonyl (C=O) groups excluding carboxylic acids is 1. The zero-order chi connectivity index (χ0) is 15.6. The number of hydrogen-bond acceptors (Lipinski definition) is 3. The van der Waals surface area contributed by atoms with E-state index in [1.807, 2.05) is 31.2 Å². The first-order chi connectivity index (χ1) is 9.04. The number of benzene rings is 1. The summed E-state index contributed by atoms with van der Waals surface area (Å²) in [6.45, 7) is 6.69. The van der Waals surface area contributed by atoms with Crippen molar-refractivity contribution in [1.82, 2.24) is 0 Å². The highest BCUT2D eigenvalue weighted by molar-refractivity contribution is 6.68. The predicted octanol–water partition coefficient (Wildman–Crippen LogP) is 5.36. The minimum Gasteiger partial charge on any atom is -0.426 e. The van der Waals surface area contributed by atoms with Crippen LogP contribution in [-0.2, 0) is 9.47 Å². The number of rotatable bonds is 3. The van der Waals surface area contributed by atoms with Gasteiger partial charge in [0.05, 0.1) is 0 Å². The molecule has 0 aromatic heterocycles. The van der Waals surface area contributed by atoms with Crippen molar-refractivity contribution in [2.75, 3.05) is 0 Å². The van der Waals surface area contributed by atoms with Gasteiger partial charge in [-0.2, -0.15) is 0 Å². The highest BCUT2D eigenvalue weighted by Crippen LogP contribution is 2.40. The maximum absolute atomic E-state index is 11.8. The fourth-order valence-electron chi connectivity index (χ4n) is 1.54. The van der Waals surface area contributed by atoms with Gasteiger partial charge >= 0.3 is 6.16 Å². The molecule has 0 radical (unpaired) electrons. The third-order valence-electron chi connectivity index (χ3n) is 2.92. The minimum absolute atomic E-state index is 0.449. The van der Waals surface area contributed by atoms with Crippen molar-refractivity contribution in [3.63, 3.8) is 0 Å². The molecule has 1 unspecified atom stereocenters. The predicted molar refractivity (Wildman–Crippen MR) is 81.5 cm³/mol. The van der Waals surface area contributed by atoms with Gasteiger partial charge < -0.3 is 9.47 Å². The molecule has 1 rings (SSSR count). The Bertz CT molecular complexity index is 481. The summed E-state index contributed by atoms with van der Waals surface area (Å²) < 4.78 is 8.55. The molecular formula is C14H17Cl3O3. The molecule has 0 bridgehead atoms. The number of alkyl halides is 3. The molecule has 3 nitrogen and oxygen atoms in total. The van der Waals surface area contributed by atoms with E-state index in [0.717, 1.165) is 11.1 Å². The van der Waals surface area contributed by atoms with Crippen molar-refractivity contribution in [3.05, 3.63) is 35.4 Å². The van der Waals surface area contributed by atoms with E-state index in [-0.39, 0.29) is 0 Å². The van der Waals surface area contributed by atoms with Crippen molar-refractivity contribution >= 4 is 41.0 Å². The quantitative estimate of drug-likeness (QED) is 0.549. The van der Waals surface area contributed by atoms with Crippen molar-refractivity contribution < 1.29 is 14.3 Å². The highest BCUT2D eigenvalue weighted by Gasteiger charge is 2.44. The van der Waals surface area contributed by atoms with E-state index in [1.54, 1.807) is 6.92 Å². The van der Waals surface area contributed by atoms with Gasteiger partial charge in [-0.25, -0.2) is 4.79 Å². The molecule has 0 amide bonds. The molecule has 1 aromatic carbocycles. The van der Waals surface area contributed by atoms with Crippen LogP contribution in [-0.4, -0.2) is 15.5 Å². The lowest BCUT2D eigenvalue weighted by Crippen LogP contribution is -2.41. The van der Waals surface area contributed by atoms with Gasteiger partial charge in [0.2, 0.25) is 3.79 Å². The van der Waals surface area contributed by atoms with Crippen LogP contribution in [0.15, 0.2) is 24.3 Å². The molecule has 6 heteroatoms. The Hall–Kier alpha value is -0.640. The average molecular weight is 340 g/mol. The zero-order valence-electron chi connectivity index (χ0n) is 11.7. The summed E-state index contributed by atoms with van der Waals surface area (Å²) in [7, 11) is 0. The summed E-state index contributed by atoms with van der Waals surface area (Å²) in [5.41, 5.74) is 0.629. The van der Waals surface area contributed by atoms with Crippen LogP contribution in [0.5, 0.6) is 0 Å². The molecule has 1 atom stereocenters. The molecule has 0 aliphatic rings. The van der Waals surface area contributed by atoms with Crippen LogP contribution in [0, 0.1) is 6.92 Å².